The van der Waals surface area contributed by atoms with E-state index in [1.165, 1.54) is 98.5 Å². The molecule has 0 radical (unpaired) electrons. The lowest BCUT2D eigenvalue weighted by Crippen LogP contribution is -2.55. The van der Waals surface area contributed by atoms with Crippen LogP contribution in [-0.2, 0) is 10.8 Å². The Kier molecular flexibility index (Phi) is 7.04. The fraction of sp³-hybridized carbons (Fsp3) is 0.224. The van der Waals surface area contributed by atoms with Crippen molar-refractivity contribution in [3.8, 4) is 67.5 Å². The summed E-state index contributed by atoms with van der Waals surface area (Å²) < 4.78 is 6.47. The Morgan fingerprint density at radius 2 is 1.00 bits per heavy atom. The number of nitrogens with zero attached hydrogens (tertiary/aromatic N) is 3. The molecule has 0 unspecified atom stereocenters. The minimum absolute atomic E-state index is 0.0465. The first-order valence-electron chi connectivity index (χ1n) is 22.7. The highest BCUT2D eigenvalue weighted by Gasteiger charge is 2.62. The zero-order valence-corrected chi connectivity index (χ0v) is 35.0. The Hall–Kier alpha value is -6.65. The Balaban J connectivity index is 0.983. The maximum absolute atomic E-state index is 6.47. The van der Waals surface area contributed by atoms with Gasteiger partial charge in [0, 0.05) is 38.3 Å². The van der Waals surface area contributed by atoms with Crippen LogP contribution in [-0.4, -0.2) is 15.0 Å². The Morgan fingerprint density at radius 3 is 1.77 bits per heavy atom. The standard InChI is InChI=1S/C58H45N3O/c1-57(2)46-18-8-6-14-40(46)41-24-22-36(31-48(41)57)55-59-54(35-12-4-3-5-13-35)60-56(61-55)37-23-25-44-49(32-37)58(38-27-33-26-34(29-38)30-39(58)28-33)47-19-10-16-42(52(44)47)43-17-11-21-51-53(43)45-15-7-9-20-50(45)62-51/h3-25,31-34,38-39H,26-30H2,1-2H3. The molecular weight excluding hydrogens is 755 g/mol. The first kappa shape index (κ1) is 35.0. The highest BCUT2D eigenvalue weighted by Crippen LogP contribution is 2.70. The van der Waals surface area contributed by atoms with E-state index in [0.717, 1.165) is 45.5 Å². The first-order valence-corrected chi connectivity index (χ1v) is 22.7. The van der Waals surface area contributed by atoms with Crippen molar-refractivity contribution in [1.29, 1.82) is 0 Å². The predicted octanol–water partition coefficient (Wildman–Crippen LogP) is 14.5. The summed E-state index contributed by atoms with van der Waals surface area (Å²) in [5, 5.41) is 2.37. The third-order valence-corrected chi connectivity index (χ3v) is 16.1. The third kappa shape index (κ3) is 4.65. The molecule has 4 bridgehead atoms. The highest BCUT2D eigenvalue weighted by atomic mass is 16.3. The molecule has 4 heteroatoms. The smallest absolute Gasteiger partial charge is 0.164 e. The molecule has 4 saturated carbocycles. The van der Waals surface area contributed by atoms with Gasteiger partial charge in [-0.2, -0.15) is 0 Å². The van der Waals surface area contributed by atoms with Crippen LogP contribution in [0.25, 0.3) is 89.5 Å². The Bertz CT molecular complexity index is 3330. The van der Waals surface area contributed by atoms with Gasteiger partial charge in [-0.05, 0) is 136 Å². The van der Waals surface area contributed by atoms with Crippen molar-refractivity contribution in [1.82, 2.24) is 15.0 Å². The van der Waals surface area contributed by atoms with Crippen LogP contribution in [0.5, 0.6) is 0 Å². The van der Waals surface area contributed by atoms with Gasteiger partial charge in [-0.1, -0.05) is 141 Å². The summed E-state index contributed by atoms with van der Waals surface area (Å²) in [5.41, 5.74) is 18.4. The maximum atomic E-state index is 6.47. The van der Waals surface area contributed by atoms with Crippen LogP contribution in [0.4, 0.5) is 0 Å². The largest absolute Gasteiger partial charge is 0.456 e. The van der Waals surface area contributed by atoms with Gasteiger partial charge in [0.25, 0.3) is 0 Å². The fourth-order valence-corrected chi connectivity index (χ4v) is 13.8. The van der Waals surface area contributed by atoms with Gasteiger partial charge in [0.2, 0.25) is 0 Å². The Labute approximate surface area is 361 Å². The topological polar surface area (TPSA) is 51.8 Å². The van der Waals surface area contributed by atoms with E-state index in [2.05, 4.69) is 166 Å². The minimum Gasteiger partial charge on any atom is -0.456 e. The molecule has 0 atom stereocenters. The number of benzene rings is 7. The van der Waals surface area contributed by atoms with Gasteiger partial charge in [0.15, 0.2) is 17.5 Å². The monoisotopic (exact) mass is 799 g/mol. The maximum Gasteiger partial charge on any atom is 0.164 e. The van der Waals surface area contributed by atoms with Crippen molar-refractivity contribution in [2.24, 2.45) is 23.7 Å². The first-order chi connectivity index (χ1) is 30.4. The summed E-state index contributed by atoms with van der Waals surface area (Å²) >= 11 is 0. The molecule has 0 aliphatic heterocycles. The molecule has 7 aromatic carbocycles. The molecular formula is C58H45N3O. The van der Waals surface area contributed by atoms with Crippen molar-refractivity contribution in [2.75, 3.05) is 0 Å². The molecule has 0 amide bonds. The molecule has 0 saturated heterocycles. The van der Waals surface area contributed by atoms with Crippen LogP contribution in [0.2, 0.25) is 0 Å². The molecule has 1 spiro atoms. The molecule has 15 rings (SSSR count). The lowest BCUT2D eigenvalue weighted by atomic mass is 9.43. The van der Waals surface area contributed by atoms with Crippen molar-refractivity contribution >= 4 is 21.9 Å². The highest BCUT2D eigenvalue weighted by molar-refractivity contribution is 6.14. The molecule has 9 aromatic rings. The van der Waals surface area contributed by atoms with Crippen LogP contribution in [0.15, 0.2) is 156 Å². The lowest BCUT2D eigenvalue weighted by Gasteiger charge is -2.61. The van der Waals surface area contributed by atoms with Crippen LogP contribution in [0.1, 0.15) is 68.2 Å². The summed E-state index contributed by atoms with van der Waals surface area (Å²) in [5.74, 6) is 5.05. The average Bonchev–Trinajstić information content (AvgIpc) is 3.92. The van der Waals surface area contributed by atoms with E-state index < -0.39 is 0 Å². The van der Waals surface area contributed by atoms with Crippen LogP contribution < -0.4 is 0 Å². The van der Waals surface area contributed by atoms with Gasteiger partial charge in [-0.15, -0.1) is 0 Å². The molecule has 2 aromatic heterocycles. The minimum atomic E-state index is -0.128. The molecule has 62 heavy (non-hydrogen) atoms. The predicted molar refractivity (Wildman–Crippen MR) is 250 cm³/mol. The fourth-order valence-electron chi connectivity index (χ4n) is 13.8. The van der Waals surface area contributed by atoms with E-state index in [9.17, 15) is 0 Å². The van der Waals surface area contributed by atoms with E-state index in [1.807, 2.05) is 0 Å². The average molecular weight is 800 g/mol. The summed E-state index contributed by atoms with van der Waals surface area (Å²) in [6, 6.07) is 55.6. The van der Waals surface area contributed by atoms with Gasteiger partial charge in [-0.25, -0.2) is 15.0 Å². The number of fused-ring (bicyclic) bond motifs is 9. The van der Waals surface area contributed by atoms with Gasteiger partial charge in [-0.3, -0.25) is 0 Å². The van der Waals surface area contributed by atoms with Crippen LogP contribution >= 0.6 is 0 Å². The number of furan rings is 1. The van der Waals surface area contributed by atoms with Gasteiger partial charge >= 0.3 is 0 Å². The quantitative estimate of drug-likeness (QED) is 0.178. The summed E-state index contributed by atoms with van der Waals surface area (Å²) in [7, 11) is 0. The summed E-state index contributed by atoms with van der Waals surface area (Å²) in [4.78, 5) is 16.0. The Morgan fingerprint density at radius 1 is 0.435 bits per heavy atom. The molecule has 4 fully saturated rings. The lowest BCUT2D eigenvalue weighted by molar-refractivity contribution is -0.0399. The number of rotatable bonds is 4. The molecule has 2 heterocycles. The number of hydrogen-bond acceptors (Lipinski definition) is 4. The second-order valence-electron chi connectivity index (χ2n) is 19.5. The second kappa shape index (κ2) is 12.5. The third-order valence-electron chi connectivity index (χ3n) is 16.1. The van der Waals surface area contributed by atoms with Gasteiger partial charge in [0.1, 0.15) is 11.2 Å². The van der Waals surface area contributed by atoms with Crippen molar-refractivity contribution in [3.05, 3.63) is 174 Å². The number of aromatic nitrogens is 3. The number of para-hydroxylation sites is 1. The SMILES string of the molecule is CC1(C)c2ccccc2-c2ccc(-c3nc(-c4ccccc4)nc(-c4ccc5c(c4)C4(c6cccc(-c7cccc8oc9ccccc9c78)c6-5)C5CC6CC(C5)CC4C6)n3)cc21. The second-order valence-corrected chi connectivity index (χ2v) is 19.5. The van der Waals surface area contributed by atoms with E-state index in [-0.39, 0.29) is 10.8 Å². The van der Waals surface area contributed by atoms with Gasteiger partial charge < -0.3 is 4.42 Å². The van der Waals surface area contributed by atoms with E-state index in [0.29, 0.717) is 23.5 Å². The van der Waals surface area contributed by atoms with Crippen molar-refractivity contribution in [2.45, 2.75) is 56.8 Å². The number of hydrogen-bond donors (Lipinski definition) is 0. The van der Waals surface area contributed by atoms with Gasteiger partial charge in [0.05, 0.1) is 0 Å². The van der Waals surface area contributed by atoms with E-state index in [1.54, 1.807) is 0 Å². The summed E-state index contributed by atoms with van der Waals surface area (Å²) in [6.07, 6.45) is 6.67. The molecule has 6 aliphatic carbocycles. The normalized spacial score (nSPS) is 23.2. The zero-order chi connectivity index (χ0) is 40.9. The molecule has 6 aliphatic rings. The molecule has 298 valence electrons. The van der Waals surface area contributed by atoms with Crippen molar-refractivity contribution in [3.63, 3.8) is 0 Å². The molecule has 0 N–H and O–H groups in total. The van der Waals surface area contributed by atoms with Crippen molar-refractivity contribution < 1.29 is 4.42 Å². The summed E-state index contributed by atoms with van der Waals surface area (Å²) in [6.45, 7) is 4.67. The molecule has 4 nitrogen and oxygen atoms in total. The van der Waals surface area contributed by atoms with E-state index in [4.69, 9.17) is 19.4 Å². The van der Waals surface area contributed by atoms with Crippen LogP contribution in [0.3, 0.4) is 0 Å². The van der Waals surface area contributed by atoms with Crippen LogP contribution in [0, 0.1) is 23.7 Å². The zero-order valence-electron chi connectivity index (χ0n) is 35.0. The van der Waals surface area contributed by atoms with E-state index >= 15 is 0 Å².